The molecule has 2 aromatic rings. The number of hydrogen-bond acceptors (Lipinski definition) is 7. The number of benzene rings is 1. The van der Waals surface area contributed by atoms with Crippen LogP contribution < -0.4 is 15.9 Å². The summed E-state index contributed by atoms with van der Waals surface area (Å²) >= 11 is 1.18. The first-order chi connectivity index (χ1) is 13.6. The summed E-state index contributed by atoms with van der Waals surface area (Å²) in [6.45, 7) is 11.4. The van der Waals surface area contributed by atoms with Gasteiger partial charge in [-0.25, -0.2) is 4.68 Å². The number of nitriles is 1. The van der Waals surface area contributed by atoms with Crippen LogP contribution in [0.4, 0.5) is 0 Å². The Morgan fingerprint density at radius 3 is 2.66 bits per heavy atom. The molecular weight excluding hydrogens is 388 g/mol. The van der Waals surface area contributed by atoms with E-state index >= 15 is 0 Å². The van der Waals surface area contributed by atoms with E-state index in [0.29, 0.717) is 11.0 Å². The van der Waals surface area contributed by atoms with Crippen LogP contribution >= 0.6 is 11.8 Å². The second kappa shape index (κ2) is 9.18. The summed E-state index contributed by atoms with van der Waals surface area (Å²) in [6, 6.07) is 8.09. The van der Waals surface area contributed by atoms with Crippen molar-refractivity contribution in [2.75, 3.05) is 5.84 Å². The minimum Gasteiger partial charge on any atom is -0.485 e. The predicted octanol–water partition coefficient (Wildman–Crippen LogP) is 2.72. The third kappa shape index (κ3) is 5.41. The molecule has 2 rings (SSSR count). The fraction of sp³-hybridized carbons (Fsp3) is 0.500. The molecule has 2 atom stereocenters. The van der Waals surface area contributed by atoms with Gasteiger partial charge in [-0.3, -0.25) is 4.79 Å². The molecule has 0 radical (unpaired) electrons. The number of carbonyl (C=O) groups excluding carboxylic acids is 1. The van der Waals surface area contributed by atoms with Gasteiger partial charge < -0.3 is 15.9 Å². The van der Waals surface area contributed by atoms with Gasteiger partial charge in [-0.05, 0) is 45.2 Å². The first kappa shape index (κ1) is 22.6. The molecule has 1 aromatic carbocycles. The number of rotatable bonds is 8. The lowest BCUT2D eigenvalue weighted by molar-refractivity contribution is -0.121. The highest BCUT2D eigenvalue weighted by molar-refractivity contribution is 8.00. The Kier molecular flexibility index (Phi) is 7.14. The molecular formula is C20H28N6O2S. The average Bonchev–Trinajstić information content (AvgIpc) is 3.00. The van der Waals surface area contributed by atoms with Gasteiger partial charge in [0.05, 0.1) is 11.3 Å². The number of aryl methyl sites for hydroxylation is 2. The van der Waals surface area contributed by atoms with Crippen LogP contribution in [0, 0.1) is 31.1 Å². The Labute approximate surface area is 175 Å². The molecule has 1 heterocycles. The second-order valence-corrected chi connectivity index (χ2v) is 8.85. The Hall–Kier alpha value is -2.73. The van der Waals surface area contributed by atoms with Crippen molar-refractivity contribution in [2.24, 2.45) is 5.92 Å². The van der Waals surface area contributed by atoms with E-state index in [2.05, 4.69) is 21.6 Å². The maximum absolute atomic E-state index is 12.5. The van der Waals surface area contributed by atoms with Gasteiger partial charge in [-0.1, -0.05) is 43.3 Å². The Bertz CT molecular complexity index is 920. The molecule has 0 bridgehead atoms. The summed E-state index contributed by atoms with van der Waals surface area (Å²) in [7, 11) is 0. The van der Waals surface area contributed by atoms with Gasteiger partial charge in [0.1, 0.15) is 17.9 Å². The van der Waals surface area contributed by atoms with Gasteiger partial charge in [0.2, 0.25) is 11.1 Å². The standard InChI is InChI=1S/C20H28N6O2S/c1-12(2)20(6,11-21)23-18(27)15(5)29-19-25-24-17(26(19)22)10-28-16-8-7-13(3)9-14(16)4/h7-9,12,15H,10,22H2,1-6H3,(H,23,27)/t15-,20-/m0/s1. The number of ether oxygens (including phenoxy) is 1. The van der Waals surface area contributed by atoms with Crippen LogP contribution in [-0.2, 0) is 11.4 Å². The number of hydrogen-bond donors (Lipinski definition) is 2. The highest BCUT2D eigenvalue weighted by Crippen LogP contribution is 2.24. The molecule has 0 unspecified atom stereocenters. The molecule has 156 valence electrons. The molecule has 0 fully saturated rings. The number of aromatic nitrogens is 3. The summed E-state index contributed by atoms with van der Waals surface area (Å²) in [6.07, 6.45) is 0. The molecule has 0 aliphatic heterocycles. The molecule has 0 saturated carbocycles. The summed E-state index contributed by atoms with van der Waals surface area (Å²) in [5.41, 5.74) is 1.25. The van der Waals surface area contributed by atoms with Crippen molar-refractivity contribution in [3.05, 3.63) is 35.2 Å². The van der Waals surface area contributed by atoms with Gasteiger partial charge in [0.15, 0.2) is 5.82 Å². The number of amides is 1. The number of nitrogen functional groups attached to an aromatic ring is 1. The van der Waals surface area contributed by atoms with Crippen molar-refractivity contribution in [1.82, 2.24) is 20.2 Å². The molecule has 0 saturated heterocycles. The number of nitrogens with two attached hydrogens (primary N) is 1. The maximum Gasteiger partial charge on any atom is 0.234 e. The van der Waals surface area contributed by atoms with Crippen LogP contribution in [0.25, 0.3) is 0 Å². The lowest BCUT2D eigenvalue weighted by Gasteiger charge is -2.28. The van der Waals surface area contributed by atoms with E-state index in [-0.39, 0.29) is 18.4 Å². The third-order valence-corrected chi connectivity index (χ3v) is 5.90. The topological polar surface area (TPSA) is 119 Å². The normalized spacial score (nSPS) is 14.1. The zero-order chi connectivity index (χ0) is 21.8. The Balaban J connectivity index is 2.01. The lowest BCUT2D eigenvalue weighted by Crippen LogP contribution is -2.51. The molecule has 9 heteroatoms. The zero-order valence-electron chi connectivity index (χ0n) is 17.7. The van der Waals surface area contributed by atoms with E-state index in [4.69, 9.17) is 10.6 Å². The van der Waals surface area contributed by atoms with Gasteiger partial charge >= 0.3 is 0 Å². The molecule has 8 nitrogen and oxygen atoms in total. The first-order valence-electron chi connectivity index (χ1n) is 9.36. The highest BCUT2D eigenvalue weighted by Gasteiger charge is 2.32. The van der Waals surface area contributed by atoms with Crippen molar-refractivity contribution >= 4 is 17.7 Å². The van der Waals surface area contributed by atoms with Crippen LogP contribution in [-0.4, -0.2) is 31.6 Å². The Morgan fingerprint density at radius 2 is 2.07 bits per heavy atom. The third-order valence-electron chi connectivity index (χ3n) is 4.84. The number of carbonyl (C=O) groups is 1. The maximum atomic E-state index is 12.5. The SMILES string of the molecule is Cc1ccc(OCc2nnc(S[C@@H](C)C(=O)N[C@@](C)(C#N)C(C)C)n2N)c(C)c1. The summed E-state index contributed by atoms with van der Waals surface area (Å²) in [5.74, 6) is 7.00. The smallest absolute Gasteiger partial charge is 0.234 e. The van der Waals surface area contributed by atoms with Crippen LogP contribution in [0.2, 0.25) is 0 Å². The van der Waals surface area contributed by atoms with Gasteiger partial charge in [0, 0.05) is 0 Å². The minimum atomic E-state index is -0.937. The van der Waals surface area contributed by atoms with Crippen LogP contribution in [0.1, 0.15) is 44.6 Å². The molecule has 29 heavy (non-hydrogen) atoms. The quantitative estimate of drug-likeness (QED) is 0.501. The van der Waals surface area contributed by atoms with Crippen LogP contribution in [0.15, 0.2) is 23.4 Å². The van der Waals surface area contributed by atoms with Crippen molar-refractivity contribution in [3.63, 3.8) is 0 Å². The van der Waals surface area contributed by atoms with Crippen molar-refractivity contribution in [2.45, 2.75) is 64.1 Å². The highest BCUT2D eigenvalue weighted by atomic mass is 32.2. The summed E-state index contributed by atoms with van der Waals surface area (Å²) < 4.78 is 7.13. The molecule has 0 aliphatic rings. The van der Waals surface area contributed by atoms with E-state index in [9.17, 15) is 10.1 Å². The number of nitrogens with zero attached hydrogens (tertiary/aromatic N) is 4. The van der Waals surface area contributed by atoms with E-state index < -0.39 is 10.8 Å². The molecule has 1 amide bonds. The van der Waals surface area contributed by atoms with Crippen molar-refractivity contribution in [3.8, 4) is 11.8 Å². The molecule has 3 N–H and O–H groups in total. The average molecular weight is 417 g/mol. The fourth-order valence-electron chi connectivity index (χ4n) is 2.46. The minimum absolute atomic E-state index is 0.0270. The number of thioether (sulfide) groups is 1. The van der Waals surface area contributed by atoms with Crippen LogP contribution in [0.5, 0.6) is 5.75 Å². The van der Waals surface area contributed by atoms with E-state index in [1.807, 2.05) is 45.9 Å². The monoisotopic (exact) mass is 416 g/mol. The van der Waals surface area contributed by atoms with Crippen LogP contribution in [0.3, 0.4) is 0 Å². The first-order valence-corrected chi connectivity index (χ1v) is 10.2. The Morgan fingerprint density at radius 1 is 1.38 bits per heavy atom. The summed E-state index contributed by atoms with van der Waals surface area (Å²) in [4.78, 5) is 12.5. The molecule has 1 aromatic heterocycles. The fourth-order valence-corrected chi connectivity index (χ4v) is 3.25. The summed E-state index contributed by atoms with van der Waals surface area (Å²) in [5, 5.41) is 20.2. The number of nitrogens with one attached hydrogen (secondary N) is 1. The van der Waals surface area contributed by atoms with Gasteiger partial charge in [0.25, 0.3) is 0 Å². The molecule has 0 aliphatic carbocycles. The lowest BCUT2D eigenvalue weighted by atomic mass is 9.90. The predicted molar refractivity (Wildman–Crippen MR) is 113 cm³/mol. The van der Waals surface area contributed by atoms with Crippen molar-refractivity contribution < 1.29 is 9.53 Å². The van der Waals surface area contributed by atoms with Gasteiger partial charge in [-0.2, -0.15) is 5.26 Å². The van der Waals surface area contributed by atoms with E-state index in [0.717, 1.165) is 16.9 Å². The second-order valence-electron chi connectivity index (χ2n) is 7.54. The zero-order valence-corrected chi connectivity index (χ0v) is 18.5. The van der Waals surface area contributed by atoms with E-state index in [1.54, 1.807) is 13.8 Å². The van der Waals surface area contributed by atoms with E-state index in [1.165, 1.54) is 16.4 Å². The molecule has 0 spiro atoms. The largest absolute Gasteiger partial charge is 0.485 e. The van der Waals surface area contributed by atoms with Crippen molar-refractivity contribution in [1.29, 1.82) is 5.26 Å². The van der Waals surface area contributed by atoms with Gasteiger partial charge in [-0.15, -0.1) is 10.2 Å².